The lowest BCUT2D eigenvalue weighted by Gasteiger charge is -2.47. The van der Waals surface area contributed by atoms with E-state index in [-0.39, 0.29) is 0 Å². The second-order valence-corrected chi connectivity index (χ2v) is 7.85. The van der Waals surface area contributed by atoms with Crippen molar-refractivity contribution in [2.75, 3.05) is 32.4 Å². The van der Waals surface area contributed by atoms with Crippen LogP contribution >= 0.6 is 11.8 Å². The summed E-state index contributed by atoms with van der Waals surface area (Å²) in [5.74, 6) is 0. The van der Waals surface area contributed by atoms with Gasteiger partial charge in [0.1, 0.15) is 0 Å². The van der Waals surface area contributed by atoms with Gasteiger partial charge in [0, 0.05) is 36.5 Å². The first-order chi connectivity index (χ1) is 9.17. The third-order valence-electron chi connectivity index (χ3n) is 5.52. The van der Waals surface area contributed by atoms with Crippen molar-refractivity contribution in [3.8, 4) is 0 Å². The van der Waals surface area contributed by atoms with E-state index in [2.05, 4.69) is 42.1 Å². The molecule has 0 atom stereocenters. The highest BCUT2D eigenvalue weighted by Crippen LogP contribution is 2.39. The standard InChI is InChI=1S/C16H32N2S/c1-4-15(5-2)13-18(12-11-17-15)14-16(19-3)9-7-6-8-10-16/h17H,4-14H2,1-3H3. The molecule has 2 fully saturated rings. The molecule has 1 saturated carbocycles. The Hall–Kier alpha value is 0.270. The second-order valence-electron chi connectivity index (χ2n) is 6.57. The average Bonchev–Trinajstić information content (AvgIpc) is 2.48. The molecule has 3 heteroatoms. The topological polar surface area (TPSA) is 15.3 Å². The Kier molecular flexibility index (Phi) is 5.62. The van der Waals surface area contributed by atoms with Gasteiger partial charge >= 0.3 is 0 Å². The lowest BCUT2D eigenvalue weighted by molar-refractivity contribution is 0.108. The molecule has 1 aliphatic heterocycles. The van der Waals surface area contributed by atoms with E-state index >= 15 is 0 Å². The molecule has 112 valence electrons. The minimum Gasteiger partial charge on any atom is -0.309 e. The van der Waals surface area contributed by atoms with E-state index in [1.165, 1.54) is 71.1 Å². The summed E-state index contributed by atoms with van der Waals surface area (Å²) in [4.78, 5) is 2.76. The Morgan fingerprint density at radius 3 is 2.37 bits per heavy atom. The van der Waals surface area contributed by atoms with Crippen LogP contribution in [0.3, 0.4) is 0 Å². The Labute approximate surface area is 124 Å². The maximum absolute atomic E-state index is 3.78. The van der Waals surface area contributed by atoms with Crippen LogP contribution in [0.15, 0.2) is 0 Å². The number of nitrogens with zero attached hydrogens (tertiary/aromatic N) is 1. The van der Waals surface area contributed by atoms with Crippen molar-refractivity contribution in [3.63, 3.8) is 0 Å². The molecule has 0 spiro atoms. The average molecular weight is 285 g/mol. The van der Waals surface area contributed by atoms with Gasteiger partial charge in [0.05, 0.1) is 0 Å². The van der Waals surface area contributed by atoms with Crippen LogP contribution in [0.2, 0.25) is 0 Å². The molecule has 1 aliphatic carbocycles. The zero-order valence-corrected chi connectivity index (χ0v) is 14.0. The van der Waals surface area contributed by atoms with Crippen molar-refractivity contribution in [1.82, 2.24) is 10.2 Å². The Bertz CT molecular complexity index is 270. The third-order valence-corrected chi connectivity index (χ3v) is 6.92. The van der Waals surface area contributed by atoms with Crippen molar-refractivity contribution >= 4 is 11.8 Å². The number of nitrogens with one attached hydrogen (secondary N) is 1. The lowest BCUT2D eigenvalue weighted by atomic mass is 9.86. The van der Waals surface area contributed by atoms with Crippen LogP contribution in [0.1, 0.15) is 58.8 Å². The molecule has 2 nitrogen and oxygen atoms in total. The highest BCUT2D eigenvalue weighted by molar-refractivity contribution is 8.00. The number of piperazine rings is 1. The molecule has 0 unspecified atom stereocenters. The highest BCUT2D eigenvalue weighted by Gasteiger charge is 2.37. The first kappa shape index (κ1) is 15.7. The molecular formula is C16H32N2S. The number of hydrogen-bond acceptors (Lipinski definition) is 3. The molecule has 1 heterocycles. The van der Waals surface area contributed by atoms with E-state index < -0.39 is 0 Å². The van der Waals surface area contributed by atoms with Gasteiger partial charge in [-0.25, -0.2) is 0 Å². The number of hydrogen-bond donors (Lipinski definition) is 1. The molecule has 2 rings (SSSR count). The van der Waals surface area contributed by atoms with E-state index in [4.69, 9.17) is 0 Å². The molecule has 0 amide bonds. The first-order valence-electron chi connectivity index (χ1n) is 8.20. The van der Waals surface area contributed by atoms with Crippen LogP contribution in [0.25, 0.3) is 0 Å². The predicted molar refractivity (Wildman–Crippen MR) is 87.1 cm³/mol. The van der Waals surface area contributed by atoms with Gasteiger partial charge in [0.15, 0.2) is 0 Å². The summed E-state index contributed by atoms with van der Waals surface area (Å²) in [6.07, 6.45) is 12.1. The molecule has 0 radical (unpaired) electrons. The zero-order valence-electron chi connectivity index (χ0n) is 13.1. The first-order valence-corrected chi connectivity index (χ1v) is 9.42. The fourth-order valence-electron chi connectivity index (χ4n) is 3.93. The molecule has 2 aliphatic rings. The van der Waals surface area contributed by atoms with Gasteiger partial charge in [-0.2, -0.15) is 11.8 Å². The molecule has 19 heavy (non-hydrogen) atoms. The molecule has 0 bridgehead atoms. The van der Waals surface area contributed by atoms with Crippen molar-refractivity contribution in [2.24, 2.45) is 0 Å². The van der Waals surface area contributed by atoms with Gasteiger partial charge in [0.25, 0.3) is 0 Å². The summed E-state index contributed by atoms with van der Waals surface area (Å²) in [6.45, 7) is 9.66. The SMILES string of the molecule is CCC1(CC)CN(CC2(SC)CCCCC2)CCN1. The van der Waals surface area contributed by atoms with Gasteiger partial charge < -0.3 is 5.32 Å². The summed E-state index contributed by atoms with van der Waals surface area (Å²) >= 11 is 2.14. The minimum absolute atomic E-state index is 0.381. The zero-order chi connectivity index (χ0) is 13.8. The van der Waals surface area contributed by atoms with Crippen LogP contribution < -0.4 is 5.32 Å². The third kappa shape index (κ3) is 3.68. The van der Waals surface area contributed by atoms with Crippen LogP contribution in [0.5, 0.6) is 0 Å². The van der Waals surface area contributed by atoms with Crippen LogP contribution in [0.4, 0.5) is 0 Å². The van der Waals surface area contributed by atoms with Crippen molar-refractivity contribution in [3.05, 3.63) is 0 Å². The van der Waals surface area contributed by atoms with Crippen molar-refractivity contribution in [2.45, 2.75) is 69.1 Å². The summed E-state index contributed by atoms with van der Waals surface area (Å²) in [5.41, 5.74) is 0.381. The molecule has 0 aromatic carbocycles. The van der Waals surface area contributed by atoms with Crippen LogP contribution in [-0.2, 0) is 0 Å². The van der Waals surface area contributed by atoms with E-state index in [1.54, 1.807) is 0 Å². The summed E-state index contributed by atoms with van der Waals surface area (Å²) < 4.78 is 0.558. The summed E-state index contributed by atoms with van der Waals surface area (Å²) in [7, 11) is 0. The van der Waals surface area contributed by atoms with Gasteiger partial charge in [-0.1, -0.05) is 33.1 Å². The monoisotopic (exact) mass is 284 g/mol. The fourth-order valence-corrected chi connectivity index (χ4v) is 4.94. The van der Waals surface area contributed by atoms with Gasteiger partial charge in [-0.15, -0.1) is 0 Å². The van der Waals surface area contributed by atoms with Gasteiger partial charge in [0.2, 0.25) is 0 Å². The summed E-state index contributed by atoms with van der Waals surface area (Å²) in [5, 5.41) is 3.78. The smallest absolute Gasteiger partial charge is 0.0304 e. The van der Waals surface area contributed by atoms with E-state index in [9.17, 15) is 0 Å². The predicted octanol–water partition coefficient (Wildman–Crippen LogP) is 3.52. The molecule has 0 aromatic heterocycles. The second kappa shape index (κ2) is 6.82. The number of rotatable bonds is 5. The highest BCUT2D eigenvalue weighted by atomic mass is 32.2. The van der Waals surface area contributed by atoms with Crippen molar-refractivity contribution in [1.29, 1.82) is 0 Å². The molecule has 1 N–H and O–H groups in total. The van der Waals surface area contributed by atoms with Gasteiger partial charge in [-0.05, 0) is 31.9 Å². The maximum atomic E-state index is 3.78. The largest absolute Gasteiger partial charge is 0.309 e. The van der Waals surface area contributed by atoms with E-state index in [0.717, 1.165) is 0 Å². The molecule has 1 saturated heterocycles. The van der Waals surface area contributed by atoms with E-state index in [0.29, 0.717) is 10.3 Å². The maximum Gasteiger partial charge on any atom is 0.0304 e. The fraction of sp³-hybridized carbons (Fsp3) is 1.00. The number of thioether (sulfide) groups is 1. The minimum atomic E-state index is 0.381. The van der Waals surface area contributed by atoms with Gasteiger partial charge in [-0.3, -0.25) is 4.90 Å². The quantitative estimate of drug-likeness (QED) is 0.831. The van der Waals surface area contributed by atoms with Crippen molar-refractivity contribution < 1.29 is 0 Å². The summed E-state index contributed by atoms with van der Waals surface area (Å²) in [6, 6.07) is 0. The van der Waals surface area contributed by atoms with E-state index in [1.807, 2.05) is 0 Å². The Balaban J connectivity index is 1.97. The normalized spacial score (nSPS) is 27.3. The Morgan fingerprint density at radius 2 is 1.79 bits per heavy atom. The van der Waals surface area contributed by atoms with Crippen LogP contribution in [-0.4, -0.2) is 47.6 Å². The lowest BCUT2D eigenvalue weighted by Crippen LogP contribution is -2.61. The van der Waals surface area contributed by atoms with Crippen LogP contribution in [0, 0.1) is 0 Å². The molecular weight excluding hydrogens is 252 g/mol. The Morgan fingerprint density at radius 1 is 1.11 bits per heavy atom. The molecule has 0 aromatic rings.